The molecule has 0 unspecified atom stereocenters. The molecule has 3 rings (SSSR count). The maximum absolute atomic E-state index is 14.4. The zero-order valence-electron chi connectivity index (χ0n) is 12.1. The van der Waals surface area contributed by atoms with E-state index in [1.54, 1.807) is 4.68 Å². The minimum absolute atomic E-state index is 0.362. The van der Waals surface area contributed by atoms with Gasteiger partial charge >= 0.3 is 0 Å². The zero-order valence-corrected chi connectivity index (χ0v) is 13.1. The lowest BCUT2D eigenvalue weighted by atomic mass is 10.3. The summed E-state index contributed by atoms with van der Waals surface area (Å²) in [6.07, 6.45) is 1.84. The topological polar surface area (TPSA) is 17.8 Å². The molecule has 0 radical (unpaired) electrons. The normalized spacial score (nSPS) is 11.6. The van der Waals surface area contributed by atoms with Crippen LogP contribution >= 0.6 is 0 Å². The van der Waals surface area contributed by atoms with Gasteiger partial charge < -0.3 is 0 Å². The Hall–Kier alpha value is -2.20. The van der Waals surface area contributed by atoms with Crippen LogP contribution in [-0.2, 0) is 0 Å². The van der Waals surface area contributed by atoms with Gasteiger partial charge in [-0.1, -0.05) is 66.8 Å². The molecule has 0 fully saturated rings. The molecule has 0 aliphatic rings. The Labute approximate surface area is 124 Å². The number of nitrogens with zero attached hydrogens (tertiary/aromatic N) is 2. The van der Waals surface area contributed by atoms with Crippen molar-refractivity contribution in [1.82, 2.24) is 9.78 Å². The van der Waals surface area contributed by atoms with Gasteiger partial charge in [-0.2, -0.15) is 4.39 Å². The highest BCUT2D eigenvalue weighted by Crippen LogP contribution is 2.10. The lowest BCUT2D eigenvalue weighted by Gasteiger charge is -2.21. The van der Waals surface area contributed by atoms with E-state index in [4.69, 9.17) is 0 Å². The average molecular weight is 296 g/mol. The summed E-state index contributed by atoms with van der Waals surface area (Å²) in [5.74, 6) is -0.362. The van der Waals surface area contributed by atoms with Crippen molar-refractivity contribution in [2.45, 2.75) is 13.1 Å². The highest BCUT2D eigenvalue weighted by molar-refractivity contribution is 7.00. The second-order valence-electron chi connectivity index (χ2n) is 5.60. The summed E-state index contributed by atoms with van der Waals surface area (Å²) in [5, 5.41) is 6.00. The van der Waals surface area contributed by atoms with Gasteiger partial charge in [-0.15, -0.1) is 5.10 Å². The number of hydrogen-bond donors (Lipinski definition) is 0. The lowest BCUT2D eigenvalue weighted by Crippen LogP contribution is -2.53. The van der Waals surface area contributed by atoms with Crippen LogP contribution in [0.4, 0.5) is 4.39 Å². The first-order valence-electron chi connectivity index (χ1n) is 6.95. The van der Waals surface area contributed by atoms with Crippen molar-refractivity contribution in [3.8, 4) is 5.69 Å². The van der Waals surface area contributed by atoms with Crippen LogP contribution in [0.25, 0.3) is 5.69 Å². The fraction of sp³-hybridized carbons (Fsp3) is 0.118. The number of aromatic nitrogens is 2. The number of rotatable bonds is 3. The van der Waals surface area contributed by atoms with Gasteiger partial charge in [0.1, 0.15) is 8.07 Å². The Morgan fingerprint density at radius 3 is 2.10 bits per heavy atom. The monoisotopic (exact) mass is 296 g/mol. The Morgan fingerprint density at radius 2 is 1.48 bits per heavy atom. The largest absolute Gasteiger partial charge is 0.238 e. The third-order valence-corrected chi connectivity index (χ3v) is 7.32. The van der Waals surface area contributed by atoms with E-state index in [0.717, 1.165) is 10.9 Å². The van der Waals surface area contributed by atoms with E-state index < -0.39 is 8.07 Å². The number of halogens is 1. The van der Waals surface area contributed by atoms with Crippen LogP contribution in [0.3, 0.4) is 0 Å². The summed E-state index contributed by atoms with van der Waals surface area (Å²) in [6.45, 7) is 4.30. The van der Waals surface area contributed by atoms with Crippen LogP contribution in [0.5, 0.6) is 0 Å². The molecule has 1 heterocycles. The Morgan fingerprint density at radius 1 is 0.905 bits per heavy atom. The molecule has 0 saturated carbocycles. The van der Waals surface area contributed by atoms with Gasteiger partial charge in [0.25, 0.3) is 0 Å². The molecule has 0 N–H and O–H groups in total. The van der Waals surface area contributed by atoms with Crippen LogP contribution in [0.15, 0.2) is 66.9 Å². The standard InChI is InChI=1S/C17H17FN2Si/c1-21(2,15-11-7-4-8-12-15)16-13-20(19-17(16)18)14-9-5-3-6-10-14/h3-13H,1-2H3. The molecular weight excluding hydrogens is 279 g/mol. The van der Waals surface area contributed by atoms with Gasteiger partial charge in [-0.05, 0) is 12.1 Å². The first kappa shape index (κ1) is 13.8. The number of para-hydroxylation sites is 1. The quantitative estimate of drug-likeness (QED) is 0.680. The summed E-state index contributed by atoms with van der Waals surface area (Å²) in [6, 6.07) is 19.8. The summed E-state index contributed by atoms with van der Waals surface area (Å²) < 4.78 is 16.0. The Bertz CT molecular complexity index is 736. The van der Waals surface area contributed by atoms with Crippen molar-refractivity contribution in [2.75, 3.05) is 0 Å². The molecule has 0 atom stereocenters. The summed E-state index contributed by atoms with van der Waals surface area (Å²) in [7, 11) is -2.07. The molecule has 1 aromatic heterocycles. The van der Waals surface area contributed by atoms with Crippen molar-refractivity contribution in [1.29, 1.82) is 0 Å². The molecule has 2 nitrogen and oxygen atoms in total. The van der Waals surface area contributed by atoms with Crippen molar-refractivity contribution < 1.29 is 4.39 Å². The third-order valence-electron chi connectivity index (χ3n) is 3.86. The van der Waals surface area contributed by atoms with E-state index in [2.05, 4.69) is 30.3 Å². The van der Waals surface area contributed by atoms with Gasteiger partial charge in [0.15, 0.2) is 0 Å². The molecule has 0 spiro atoms. The molecule has 4 heteroatoms. The second-order valence-corrected chi connectivity index (χ2v) is 9.97. The van der Waals surface area contributed by atoms with E-state index in [-0.39, 0.29) is 5.95 Å². The van der Waals surface area contributed by atoms with Crippen LogP contribution in [-0.4, -0.2) is 17.9 Å². The molecule has 0 amide bonds. The number of hydrogen-bond acceptors (Lipinski definition) is 1. The molecule has 0 bridgehead atoms. The molecule has 106 valence electrons. The third kappa shape index (κ3) is 2.54. The molecule has 21 heavy (non-hydrogen) atoms. The molecule has 3 aromatic rings. The van der Waals surface area contributed by atoms with Crippen molar-refractivity contribution >= 4 is 18.4 Å². The predicted octanol–water partition coefficient (Wildman–Crippen LogP) is 2.83. The molecule has 0 saturated heterocycles. The van der Waals surface area contributed by atoms with Gasteiger partial charge in [0.2, 0.25) is 5.95 Å². The van der Waals surface area contributed by atoms with Crippen LogP contribution < -0.4 is 10.4 Å². The second kappa shape index (κ2) is 5.29. The predicted molar refractivity (Wildman–Crippen MR) is 86.7 cm³/mol. The van der Waals surface area contributed by atoms with Crippen molar-refractivity contribution in [2.24, 2.45) is 0 Å². The first-order valence-corrected chi connectivity index (χ1v) is 9.95. The minimum Gasteiger partial charge on any atom is -0.238 e. The fourth-order valence-corrected chi connectivity index (χ4v) is 4.84. The smallest absolute Gasteiger partial charge is 0.232 e. The Kier molecular flexibility index (Phi) is 3.47. The highest BCUT2D eigenvalue weighted by atomic mass is 28.3. The van der Waals surface area contributed by atoms with Gasteiger partial charge in [-0.3, -0.25) is 0 Å². The summed E-state index contributed by atoms with van der Waals surface area (Å²) >= 11 is 0. The average Bonchev–Trinajstić information content (AvgIpc) is 2.92. The summed E-state index contributed by atoms with van der Waals surface area (Å²) in [4.78, 5) is 0. The molecule has 0 aliphatic heterocycles. The highest BCUT2D eigenvalue weighted by Gasteiger charge is 2.31. The zero-order chi connectivity index (χ0) is 14.9. The van der Waals surface area contributed by atoms with E-state index >= 15 is 0 Å². The van der Waals surface area contributed by atoms with Gasteiger partial charge in [-0.25, -0.2) is 4.68 Å². The van der Waals surface area contributed by atoms with E-state index in [1.807, 2.05) is 54.7 Å². The maximum Gasteiger partial charge on any atom is 0.232 e. The van der Waals surface area contributed by atoms with Crippen LogP contribution in [0, 0.1) is 5.95 Å². The SMILES string of the molecule is C[Si](C)(c1ccccc1)c1cn(-c2ccccc2)nc1F. The minimum atomic E-state index is -2.07. The van der Waals surface area contributed by atoms with Crippen molar-refractivity contribution in [3.63, 3.8) is 0 Å². The van der Waals surface area contributed by atoms with E-state index in [9.17, 15) is 4.39 Å². The van der Waals surface area contributed by atoms with Gasteiger partial charge in [0.05, 0.1) is 5.69 Å². The molecule has 2 aromatic carbocycles. The first-order chi connectivity index (χ1) is 10.1. The lowest BCUT2D eigenvalue weighted by molar-refractivity contribution is 0.571. The van der Waals surface area contributed by atoms with Crippen LogP contribution in [0.2, 0.25) is 13.1 Å². The van der Waals surface area contributed by atoms with Gasteiger partial charge in [0, 0.05) is 11.4 Å². The number of benzene rings is 2. The maximum atomic E-state index is 14.4. The van der Waals surface area contributed by atoms with Crippen molar-refractivity contribution in [3.05, 3.63) is 72.8 Å². The molecule has 0 aliphatic carbocycles. The van der Waals surface area contributed by atoms with Crippen LogP contribution in [0.1, 0.15) is 0 Å². The van der Waals surface area contributed by atoms with E-state index in [0.29, 0.717) is 0 Å². The molecular formula is C17H17FN2Si. The fourth-order valence-electron chi connectivity index (χ4n) is 2.50. The van der Waals surface area contributed by atoms with E-state index in [1.165, 1.54) is 5.19 Å². The summed E-state index contributed by atoms with van der Waals surface area (Å²) in [5.41, 5.74) is 0.875. The Balaban J connectivity index is 2.06.